The van der Waals surface area contributed by atoms with Crippen molar-refractivity contribution in [3.63, 3.8) is 0 Å². The van der Waals surface area contributed by atoms with Crippen molar-refractivity contribution < 1.29 is 14.5 Å². The first-order chi connectivity index (χ1) is 11.6. The maximum Gasteiger partial charge on any atom is 0.338 e. The molecule has 4 atom stereocenters. The van der Waals surface area contributed by atoms with Gasteiger partial charge in [0.2, 0.25) is 0 Å². The molecule has 5 heteroatoms. The fourth-order valence-corrected chi connectivity index (χ4v) is 6.68. The molecule has 5 nitrogen and oxygen atoms in total. The molecule has 4 aliphatic rings. The summed E-state index contributed by atoms with van der Waals surface area (Å²) in [6.07, 6.45) is 7.44. The Morgan fingerprint density at radius 1 is 1.04 bits per heavy atom. The summed E-state index contributed by atoms with van der Waals surface area (Å²) in [5.41, 5.74) is 0.201. The number of carbonyl (C=O) groups is 1. The molecule has 1 aromatic rings. The molecular formula is C19H21NO4. The lowest BCUT2D eigenvalue weighted by Crippen LogP contribution is -2.51. The Balaban J connectivity index is 1.44. The van der Waals surface area contributed by atoms with Crippen LogP contribution in [0, 0.1) is 39.7 Å². The van der Waals surface area contributed by atoms with Crippen molar-refractivity contribution in [2.45, 2.75) is 44.1 Å². The summed E-state index contributed by atoms with van der Waals surface area (Å²) in [5.74, 6) is 2.83. The van der Waals surface area contributed by atoms with Gasteiger partial charge in [0.1, 0.15) is 5.60 Å². The average Bonchev–Trinajstić information content (AvgIpc) is 3.34. The third-order valence-electron chi connectivity index (χ3n) is 7.34. The van der Waals surface area contributed by atoms with E-state index in [1.807, 2.05) is 0 Å². The Morgan fingerprint density at radius 2 is 1.62 bits per heavy atom. The van der Waals surface area contributed by atoms with E-state index in [1.54, 1.807) is 0 Å². The first kappa shape index (κ1) is 14.4. The van der Waals surface area contributed by atoms with Crippen LogP contribution in [0.2, 0.25) is 0 Å². The standard InChI is InChI=1S/C19H21NO4/c21-18(11-3-7-16(8-4-11)20(22)23)24-19-14-5-1-12(9-14)17(19)13-2-6-15(19)10-13/h3-4,7-8,12-15,17H,1-2,5-6,9-10H2/t12-,13-,14-,15-,17?,19?/m0/s1. The second-order valence-corrected chi connectivity index (χ2v) is 8.11. The highest BCUT2D eigenvalue weighted by molar-refractivity contribution is 5.90. The predicted octanol–water partition coefficient (Wildman–Crippen LogP) is 3.97. The quantitative estimate of drug-likeness (QED) is 0.364. The summed E-state index contributed by atoms with van der Waals surface area (Å²) in [5, 5.41) is 10.8. The van der Waals surface area contributed by atoms with Crippen LogP contribution in [0.5, 0.6) is 0 Å². The Kier molecular flexibility index (Phi) is 2.89. The largest absolute Gasteiger partial charge is 0.455 e. The van der Waals surface area contributed by atoms with Crippen LogP contribution in [0.25, 0.3) is 0 Å². The number of esters is 1. The first-order valence-electron chi connectivity index (χ1n) is 9.07. The van der Waals surface area contributed by atoms with Crippen LogP contribution in [-0.2, 0) is 4.74 Å². The lowest BCUT2D eigenvalue weighted by atomic mass is 9.67. The summed E-state index contributed by atoms with van der Waals surface area (Å²) in [7, 11) is 0. The molecular weight excluding hydrogens is 306 g/mol. The van der Waals surface area contributed by atoms with Crippen LogP contribution < -0.4 is 0 Å². The van der Waals surface area contributed by atoms with E-state index >= 15 is 0 Å². The molecule has 0 aliphatic heterocycles. The zero-order valence-corrected chi connectivity index (χ0v) is 13.5. The van der Waals surface area contributed by atoms with E-state index in [2.05, 4.69) is 0 Å². The van der Waals surface area contributed by atoms with Gasteiger partial charge in [-0.25, -0.2) is 4.79 Å². The highest BCUT2D eigenvalue weighted by Crippen LogP contribution is 2.71. The molecule has 0 radical (unpaired) electrons. The molecule has 0 amide bonds. The third kappa shape index (κ3) is 1.73. The van der Waals surface area contributed by atoms with Crippen LogP contribution in [0.1, 0.15) is 48.9 Å². The first-order valence-corrected chi connectivity index (χ1v) is 9.07. The summed E-state index contributed by atoms with van der Waals surface area (Å²) < 4.78 is 6.27. The normalized spacial score (nSPS) is 41.4. The minimum Gasteiger partial charge on any atom is -0.455 e. The fourth-order valence-electron chi connectivity index (χ4n) is 6.68. The Bertz CT molecular complexity index is 691. The molecule has 0 spiro atoms. The Hall–Kier alpha value is -1.91. The lowest BCUT2D eigenvalue weighted by molar-refractivity contribution is -0.384. The SMILES string of the molecule is O=C(OC12C([C@H]3CC[C@H]1C3)[C@H]1CC[C@H]2C1)c1ccc([N+](=O)[O-])cc1. The van der Waals surface area contributed by atoms with E-state index in [-0.39, 0.29) is 17.3 Å². The topological polar surface area (TPSA) is 69.4 Å². The number of carbonyl (C=O) groups excluding carboxylic acids is 1. The molecule has 4 aliphatic carbocycles. The van der Waals surface area contributed by atoms with Gasteiger partial charge in [-0.2, -0.15) is 0 Å². The third-order valence-corrected chi connectivity index (χ3v) is 7.34. The number of nitro benzene ring substituents is 1. The second-order valence-electron chi connectivity index (χ2n) is 8.11. The molecule has 4 saturated carbocycles. The summed E-state index contributed by atoms with van der Waals surface area (Å²) in [6.45, 7) is 0. The molecule has 4 fully saturated rings. The second kappa shape index (κ2) is 4.80. The van der Waals surface area contributed by atoms with Crippen molar-refractivity contribution in [1.82, 2.24) is 0 Å². The number of benzene rings is 1. The molecule has 24 heavy (non-hydrogen) atoms. The van der Waals surface area contributed by atoms with Gasteiger partial charge in [0.05, 0.1) is 10.5 Å². The summed E-state index contributed by atoms with van der Waals surface area (Å²) in [6, 6.07) is 5.81. The van der Waals surface area contributed by atoms with Gasteiger partial charge in [0.25, 0.3) is 5.69 Å². The van der Waals surface area contributed by atoms with E-state index in [9.17, 15) is 14.9 Å². The summed E-state index contributed by atoms with van der Waals surface area (Å²) in [4.78, 5) is 23.1. The molecule has 0 aromatic heterocycles. The van der Waals surface area contributed by atoms with Crippen molar-refractivity contribution >= 4 is 11.7 Å². The lowest BCUT2D eigenvalue weighted by Gasteiger charge is -2.46. The van der Waals surface area contributed by atoms with Crippen molar-refractivity contribution in [3.05, 3.63) is 39.9 Å². The molecule has 126 valence electrons. The van der Waals surface area contributed by atoms with E-state index in [0.717, 1.165) is 11.8 Å². The van der Waals surface area contributed by atoms with Gasteiger partial charge < -0.3 is 4.74 Å². The Labute approximate surface area is 140 Å². The number of rotatable bonds is 3. The van der Waals surface area contributed by atoms with Crippen molar-refractivity contribution in [2.24, 2.45) is 29.6 Å². The zero-order chi connectivity index (χ0) is 16.5. The van der Waals surface area contributed by atoms with Gasteiger partial charge in [0, 0.05) is 18.1 Å². The number of ether oxygens (including phenoxy) is 1. The number of nitro groups is 1. The Morgan fingerprint density at radius 3 is 2.17 bits per heavy atom. The molecule has 0 N–H and O–H groups in total. The van der Waals surface area contributed by atoms with E-state index in [4.69, 9.17) is 4.74 Å². The van der Waals surface area contributed by atoms with E-state index in [1.165, 1.54) is 62.8 Å². The van der Waals surface area contributed by atoms with Crippen LogP contribution in [0.15, 0.2) is 24.3 Å². The van der Waals surface area contributed by atoms with Gasteiger partial charge in [0.15, 0.2) is 0 Å². The molecule has 1 aromatic carbocycles. The molecule has 0 heterocycles. The van der Waals surface area contributed by atoms with Crippen molar-refractivity contribution in [2.75, 3.05) is 0 Å². The summed E-state index contributed by atoms with van der Waals surface area (Å²) >= 11 is 0. The zero-order valence-electron chi connectivity index (χ0n) is 13.5. The predicted molar refractivity (Wildman–Crippen MR) is 86.4 cm³/mol. The monoisotopic (exact) mass is 327 g/mol. The highest BCUT2D eigenvalue weighted by atomic mass is 16.6. The highest BCUT2D eigenvalue weighted by Gasteiger charge is 2.71. The molecule has 5 rings (SSSR count). The van der Waals surface area contributed by atoms with Crippen LogP contribution >= 0.6 is 0 Å². The number of non-ortho nitro benzene ring substituents is 1. The minimum absolute atomic E-state index is 0.00226. The minimum atomic E-state index is -0.449. The van der Waals surface area contributed by atoms with Gasteiger partial charge in [-0.05, 0) is 74.3 Å². The number of fused-ring (bicyclic) bond motifs is 9. The molecule has 0 unspecified atom stereocenters. The van der Waals surface area contributed by atoms with Gasteiger partial charge in [-0.1, -0.05) is 0 Å². The van der Waals surface area contributed by atoms with E-state index in [0.29, 0.717) is 23.3 Å². The average molecular weight is 327 g/mol. The molecule has 4 bridgehead atoms. The maximum absolute atomic E-state index is 12.8. The number of hydrogen-bond acceptors (Lipinski definition) is 4. The van der Waals surface area contributed by atoms with Gasteiger partial charge >= 0.3 is 5.97 Å². The molecule has 0 saturated heterocycles. The van der Waals surface area contributed by atoms with Crippen LogP contribution in [0.3, 0.4) is 0 Å². The van der Waals surface area contributed by atoms with Gasteiger partial charge in [-0.15, -0.1) is 0 Å². The smallest absolute Gasteiger partial charge is 0.338 e. The van der Waals surface area contributed by atoms with Crippen LogP contribution in [-0.4, -0.2) is 16.5 Å². The van der Waals surface area contributed by atoms with Crippen LogP contribution in [0.4, 0.5) is 5.69 Å². The fraction of sp³-hybridized carbons (Fsp3) is 0.632. The van der Waals surface area contributed by atoms with Crippen molar-refractivity contribution in [1.29, 1.82) is 0 Å². The maximum atomic E-state index is 12.8. The van der Waals surface area contributed by atoms with Crippen molar-refractivity contribution in [3.8, 4) is 0 Å². The van der Waals surface area contributed by atoms with Gasteiger partial charge in [-0.3, -0.25) is 10.1 Å². The number of nitrogens with zero attached hydrogens (tertiary/aromatic N) is 1. The van der Waals surface area contributed by atoms with E-state index < -0.39 is 4.92 Å². The number of hydrogen-bond donors (Lipinski definition) is 0.